The molecule has 0 bridgehead atoms. The smallest absolute Gasteiger partial charge is 0.294 e. The van der Waals surface area contributed by atoms with E-state index in [-0.39, 0.29) is 22.0 Å². The summed E-state index contributed by atoms with van der Waals surface area (Å²) in [6.45, 7) is 0. The third-order valence-electron chi connectivity index (χ3n) is 2.91. The van der Waals surface area contributed by atoms with Crippen LogP contribution in [0.5, 0.6) is 5.75 Å². The molecular weight excluding hydrogens is 390 g/mol. The number of nitrogens with one attached hydrogen (secondary N) is 1. The summed E-state index contributed by atoms with van der Waals surface area (Å²) in [4.78, 5) is 10.1. The molecule has 0 unspecified atom stereocenters. The fourth-order valence-corrected chi connectivity index (χ4v) is 3.56. The number of nitrogens with zero attached hydrogens (tertiary/aromatic N) is 1. The monoisotopic (exact) mass is 401 g/mol. The molecule has 2 aromatic carbocycles. The van der Waals surface area contributed by atoms with Gasteiger partial charge in [0, 0.05) is 6.07 Å². The Morgan fingerprint density at radius 3 is 2.52 bits per heavy atom. The molecule has 0 fully saturated rings. The number of halogens is 1. The Hall–Kier alpha value is -2.33. The largest absolute Gasteiger partial charge is 0.496 e. The van der Waals surface area contributed by atoms with Crippen LogP contribution in [0.3, 0.4) is 0 Å². The molecule has 0 atom stereocenters. The van der Waals surface area contributed by atoms with Crippen molar-refractivity contribution < 1.29 is 18.1 Å². The number of rotatable bonds is 5. The summed E-state index contributed by atoms with van der Waals surface area (Å²) < 4.78 is 32.5. The van der Waals surface area contributed by atoms with Gasteiger partial charge >= 0.3 is 0 Å². The first-order valence-electron chi connectivity index (χ1n) is 6.15. The van der Waals surface area contributed by atoms with E-state index in [0.29, 0.717) is 10.2 Å². The van der Waals surface area contributed by atoms with Crippen molar-refractivity contribution in [3.63, 3.8) is 0 Å². The fraction of sp³-hybridized carbons (Fsp3) is 0.0769. The molecule has 0 heterocycles. The maximum absolute atomic E-state index is 12.3. The zero-order valence-corrected chi connectivity index (χ0v) is 14.2. The minimum absolute atomic E-state index is 0.0235. The Kier molecular flexibility index (Phi) is 4.76. The molecule has 0 aromatic heterocycles. The van der Waals surface area contributed by atoms with Crippen molar-refractivity contribution in [2.45, 2.75) is 4.90 Å². The minimum Gasteiger partial charge on any atom is -0.496 e. The Labute approximate surface area is 140 Å². The highest BCUT2D eigenvalue weighted by Gasteiger charge is 2.19. The number of hydrogen-bond acceptors (Lipinski definition) is 6. The van der Waals surface area contributed by atoms with E-state index in [2.05, 4.69) is 20.7 Å². The highest BCUT2D eigenvalue weighted by molar-refractivity contribution is 9.10. The van der Waals surface area contributed by atoms with Crippen molar-refractivity contribution in [3.05, 3.63) is 51.0 Å². The molecule has 8 nitrogen and oxygen atoms in total. The van der Waals surface area contributed by atoms with E-state index < -0.39 is 14.9 Å². The first kappa shape index (κ1) is 17.0. The number of anilines is 2. The number of nitrogen functional groups attached to an aromatic ring is 1. The number of sulfonamides is 1. The number of nitrogens with two attached hydrogens (primary N) is 1. The molecule has 0 radical (unpaired) electrons. The first-order chi connectivity index (χ1) is 10.7. The zero-order chi connectivity index (χ0) is 17.2. The number of benzene rings is 2. The van der Waals surface area contributed by atoms with Gasteiger partial charge < -0.3 is 10.5 Å². The lowest BCUT2D eigenvalue weighted by Crippen LogP contribution is -2.13. The van der Waals surface area contributed by atoms with Gasteiger partial charge in [0.1, 0.15) is 11.4 Å². The molecule has 0 saturated heterocycles. The van der Waals surface area contributed by atoms with E-state index in [4.69, 9.17) is 10.5 Å². The van der Waals surface area contributed by atoms with Gasteiger partial charge in [0.2, 0.25) is 0 Å². The van der Waals surface area contributed by atoms with E-state index >= 15 is 0 Å². The zero-order valence-electron chi connectivity index (χ0n) is 11.8. The van der Waals surface area contributed by atoms with Gasteiger partial charge in [-0.2, -0.15) is 0 Å². The van der Waals surface area contributed by atoms with Crippen LogP contribution in [0.2, 0.25) is 0 Å². The summed E-state index contributed by atoms with van der Waals surface area (Å²) >= 11 is 3.20. The van der Waals surface area contributed by atoms with Crippen molar-refractivity contribution in [1.29, 1.82) is 0 Å². The third kappa shape index (κ3) is 3.71. The van der Waals surface area contributed by atoms with Crippen LogP contribution in [0.4, 0.5) is 17.1 Å². The maximum atomic E-state index is 12.3. The van der Waals surface area contributed by atoms with Gasteiger partial charge in [0.05, 0.1) is 27.1 Å². The van der Waals surface area contributed by atoms with Crippen LogP contribution in [0, 0.1) is 10.1 Å². The summed E-state index contributed by atoms with van der Waals surface area (Å²) in [7, 11) is -2.46. The molecule has 0 amide bonds. The second kappa shape index (κ2) is 6.42. The molecule has 0 aliphatic carbocycles. The molecule has 2 aromatic rings. The first-order valence-corrected chi connectivity index (χ1v) is 8.42. The number of hydrogen-bond donors (Lipinski definition) is 2. The second-order valence-corrected chi connectivity index (χ2v) is 6.97. The predicted molar refractivity (Wildman–Crippen MR) is 89.0 cm³/mol. The standard InChI is InChI=1S/C13H12BrN3O5S/c1-22-13-5-3-9(7-10(13)14)23(20,21)16-8-2-4-11(15)12(6-8)17(18)19/h2-7,16H,15H2,1H3. The molecule has 23 heavy (non-hydrogen) atoms. The molecule has 0 aliphatic heterocycles. The number of ether oxygens (including phenoxy) is 1. The molecule has 2 rings (SSSR count). The summed E-state index contributed by atoms with van der Waals surface area (Å²) in [6, 6.07) is 7.89. The van der Waals surface area contributed by atoms with Crippen molar-refractivity contribution in [2.24, 2.45) is 0 Å². The van der Waals surface area contributed by atoms with Gasteiger partial charge in [-0.1, -0.05) is 0 Å². The Balaban J connectivity index is 2.37. The van der Waals surface area contributed by atoms with Gasteiger partial charge in [0.15, 0.2) is 0 Å². The number of nitro benzene ring substituents is 1. The number of methoxy groups -OCH3 is 1. The van der Waals surface area contributed by atoms with E-state index in [1.165, 1.54) is 37.4 Å². The molecule has 3 N–H and O–H groups in total. The van der Waals surface area contributed by atoms with Crippen LogP contribution in [-0.2, 0) is 10.0 Å². The van der Waals surface area contributed by atoms with Crippen LogP contribution >= 0.6 is 15.9 Å². The summed E-state index contributed by atoms with van der Waals surface area (Å²) in [5.41, 5.74) is 5.09. The molecule has 10 heteroatoms. The highest BCUT2D eigenvalue weighted by atomic mass is 79.9. The highest BCUT2D eigenvalue weighted by Crippen LogP contribution is 2.30. The molecule has 0 spiro atoms. The average molecular weight is 402 g/mol. The lowest BCUT2D eigenvalue weighted by atomic mass is 10.2. The predicted octanol–water partition coefficient (Wildman–Crippen LogP) is 2.75. The lowest BCUT2D eigenvalue weighted by molar-refractivity contribution is -0.383. The van der Waals surface area contributed by atoms with E-state index in [1.54, 1.807) is 0 Å². The van der Waals surface area contributed by atoms with Gasteiger partial charge in [-0.05, 0) is 46.3 Å². The maximum Gasteiger partial charge on any atom is 0.294 e. The van der Waals surface area contributed by atoms with Gasteiger partial charge in [0.25, 0.3) is 15.7 Å². The molecule has 0 aliphatic rings. The van der Waals surface area contributed by atoms with Crippen LogP contribution in [0.1, 0.15) is 0 Å². The van der Waals surface area contributed by atoms with Crippen molar-refractivity contribution in [3.8, 4) is 5.75 Å². The summed E-state index contributed by atoms with van der Waals surface area (Å²) in [6.07, 6.45) is 0. The van der Waals surface area contributed by atoms with Crippen LogP contribution in [-0.4, -0.2) is 20.5 Å². The summed E-state index contributed by atoms with van der Waals surface area (Å²) in [5.74, 6) is 0.479. The van der Waals surface area contributed by atoms with E-state index in [9.17, 15) is 18.5 Å². The minimum atomic E-state index is -3.92. The molecule has 0 saturated carbocycles. The second-order valence-electron chi connectivity index (χ2n) is 4.43. The fourth-order valence-electron chi connectivity index (χ4n) is 1.79. The van der Waals surface area contributed by atoms with Crippen molar-refractivity contribution >= 4 is 43.0 Å². The molecule has 122 valence electrons. The molecular formula is C13H12BrN3O5S. The Morgan fingerprint density at radius 2 is 1.96 bits per heavy atom. The average Bonchev–Trinajstić information content (AvgIpc) is 2.48. The SMILES string of the molecule is COc1ccc(S(=O)(=O)Nc2ccc(N)c([N+](=O)[O-])c2)cc1Br. The third-order valence-corrected chi connectivity index (χ3v) is 4.91. The Morgan fingerprint density at radius 1 is 1.26 bits per heavy atom. The van der Waals surface area contributed by atoms with Crippen LogP contribution < -0.4 is 15.2 Å². The summed E-state index contributed by atoms with van der Waals surface area (Å²) in [5, 5.41) is 10.9. The van der Waals surface area contributed by atoms with Gasteiger partial charge in [-0.15, -0.1) is 0 Å². The van der Waals surface area contributed by atoms with Gasteiger partial charge in [-0.25, -0.2) is 8.42 Å². The van der Waals surface area contributed by atoms with Crippen LogP contribution in [0.15, 0.2) is 45.8 Å². The lowest BCUT2D eigenvalue weighted by Gasteiger charge is -2.10. The topological polar surface area (TPSA) is 125 Å². The van der Waals surface area contributed by atoms with E-state index in [0.717, 1.165) is 6.07 Å². The van der Waals surface area contributed by atoms with Gasteiger partial charge in [-0.3, -0.25) is 14.8 Å². The normalized spacial score (nSPS) is 11.0. The quantitative estimate of drug-likeness (QED) is 0.450. The number of nitro groups is 1. The Bertz CT molecular complexity index is 870. The van der Waals surface area contributed by atoms with Crippen molar-refractivity contribution in [2.75, 3.05) is 17.6 Å². The van der Waals surface area contributed by atoms with Crippen LogP contribution in [0.25, 0.3) is 0 Å². The van der Waals surface area contributed by atoms with Crippen molar-refractivity contribution in [1.82, 2.24) is 0 Å². The van der Waals surface area contributed by atoms with E-state index in [1.807, 2.05) is 0 Å².